The number of para-hydroxylation sites is 1. The largest absolute Gasteiger partial charge is 0.496 e. The Morgan fingerprint density at radius 1 is 1.39 bits per heavy atom. The van der Waals surface area contributed by atoms with Gasteiger partial charge in [-0.3, -0.25) is 4.90 Å². The molecule has 23 heavy (non-hydrogen) atoms. The van der Waals surface area contributed by atoms with E-state index in [-0.39, 0.29) is 6.61 Å². The van der Waals surface area contributed by atoms with E-state index in [1.807, 2.05) is 25.2 Å². The van der Waals surface area contributed by atoms with Crippen LogP contribution in [0, 0.1) is 4.77 Å². The predicted octanol–water partition coefficient (Wildman–Crippen LogP) is 2.25. The fraction of sp³-hybridized carbons (Fsp3) is 0.500. The van der Waals surface area contributed by atoms with Gasteiger partial charge in [-0.2, -0.15) is 5.10 Å². The number of hydrogen-bond donors (Lipinski definition) is 1. The average molecular weight is 334 g/mol. The summed E-state index contributed by atoms with van der Waals surface area (Å²) in [5.41, 5.74) is 1.21. The van der Waals surface area contributed by atoms with Crippen LogP contribution in [0.15, 0.2) is 24.3 Å². The van der Waals surface area contributed by atoms with Crippen LogP contribution in [0.25, 0.3) is 0 Å². The van der Waals surface area contributed by atoms with Gasteiger partial charge in [-0.1, -0.05) is 18.2 Å². The molecule has 0 amide bonds. The molecule has 1 aromatic carbocycles. The third-order valence-electron chi connectivity index (χ3n) is 4.45. The van der Waals surface area contributed by atoms with Crippen LogP contribution in [0.2, 0.25) is 0 Å². The number of rotatable bonds is 5. The summed E-state index contributed by atoms with van der Waals surface area (Å²) in [6, 6.07) is 8.46. The standard InChI is InChI=1S/C16H22N4O2S/c1-18-15(10-21)17-20(16(18)23)11-19-9-5-7-13(19)12-6-3-4-8-14(12)22-2/h3-4,6,8,13,21H,5,7,9-11H2,1-2H3. The first-order valence-corrected chi connectivity index (χ1v) is 8.17. The Morgan fingerprint density at radius 3 is 2.87 bits per heavy atom. The van der Waals surface area contributed by atoms with E-state index in [0.29, 0.717) is 23.3 Å². The molecule has 2 aromatic rings. The molecule has 6 nitrogen and oxygen atoms in total. The first-order valence-electron chi connectivity index (χ1n) is 7.76. The summed E-state index contributed by atoms with van der Waals surface area (Å²) >= 11 is 5.42. The number of benzene rings is 1. The summed E-state index contributed by atoms with van der Waals surface area (Å²) in [6.45, 7) is 1.51. The van der Waals surface area contributed by atoms with E-state index in [9.17, 15) is 5.11 Å². The molecule has 1 aliphatic rings. The molecule has 0 aliphatic carbocycles. The summed E-state index contributed by atoms with van der Waals surface area (Å²) in [5.74, 6) is 1.51. The lowest BCUT2D eigenvalue weighted by Gasteiger charge is -2.25. The van der Waals surface area contributed by atoms with Gasteiger partial charge in [0.1, 0.15) is 12.4 Å². The molecule has 1 fully saturated rings. The van der Waals surface area contributed by atoms with E-state index in [1.54, 1.807) is 16.4 Å². The Morgan fingerprint density at radius 2 is 2.17 bits per heavy atom. The number of methoxy groups -OCH3 is 1. The van der Waals surface area contributed by atoms with Gasteiger partial charge < -0.3 is 14.4 Å². The Labute approximate surface area is 140 Å². The molecule has 1 atom stereocenters. The van der Waals surface area contributed by atoms with E-state index in [2.05, 4.69) is 16.1 Å². The van der Waals surface area contributed by atoms with Crippen molar-refractivity contribution in [3.05, 3.63) is 40.4 Å². The van der Waals surface area contributed by atoms with Crippen LogP contribution in [0.1, 0.15) is 30.3 Å². The summed E-state index contributed by atoms with van der Waals surface area (Å²) in [4.78, 5) is 2.36. The highest BCUT2D eigenvalue weighted by molar-refractivity contribution is 7.71. The lowest BCUT2D eigenvalue weighted by Crippen LogP contribution is -2.27. The number of likely N-dealkylation sites (tertiary alicyclic amines) is 1. The van der Waals surface area contributed by atoms with Crippen molar-refractivity contribution >= 4 is 12.2 Å². The smallest absolute Gasteiger partial charge is 0.198 e. The second-order valence-electron chi connectivity index (χ2n) is 5.77. The fourth-order valence-corrected chi connectivity index (χ4v) is 3.43. The minimum atomic E-state index is -0.108. The van der Waals surface area contributed by atoms with Gasteiger partial charge in [0.2, 0.25) is 0 Å². The Bertz CT molecular complexity index is 740. The first-order chi connectivity index (χ1) is 11.2. The SMILES string of the molecule is COc1ccccc1C1CCCN1Cn1nc(CO)n(C)c1=S. The highest BCUT2D eigenvalue weighted by Gasteiger charge is 2.28. The van der Waals surface area contributed by atoms with Gasteiger partial charge in [-0.05, 0) is 31.1 Å². The van der Waals surface area contributed by atoms with Crippen LogP contribution in [0.4, 0.5) is 0 Å². The Kier molecular flexibility index (Phi) is 4.79. The van der Waals surface area contributed by atoms with E-state index in [0.717, 1.165) is 25.1 Å². The van der Waals surface area contributed by atoms with Gasteiger partial charge in [-0.25, -0.2) is 4.68 Å². The van der Waals surface area contributed by atoms with Crippen LogP contribution in [0.5, 0.6) is 5.75 Å². The molecule has 1 aliphatic heterocycles. The van der Waals surface area contributed by atoms with Crippen molar-refractivity contribution in [2.45, 2.75) is 32.2 Å². The number of aromatic nitrogens is 3. The van der Waals surface area contributed by atoms with Crippen molar-refractivity contribution in [1.82, 2.24) is 19.2 Å². The molecular formula is C16H22N4O2S. The average Bonchev–Trinajstić information content (AvgIpc) is 3.14. The molecule has 3 rings (SSSR count). The second kappa shape index (κ2) is 6.82. The minimum Gasteiger partial charge on any atom is -0.496 e. The fourth-order valence-electron chi connectivity index (χ4n) is 3.22. The second-order valence-corrected chi connectivity index (χ2v) is 6.13. The minimum absolute atomic E-state index is 0.108. The quantitative estimate of drug-likeness (QED) is 0.850. The van der Waals surface area contributed by atoms with Gasteiger partial charge in [0.05, 0.1) is 13.8 Å². The zero-order chi connectivity index (χ0) is 16.4. The molecule has 0 radical (unpaired) electrons. The predicted molar refractivity (Wildman–Crippen MR) is 89.6 cm³/mol. The highest BCUT2D eigenvalue weighted by atomic mass is 32.1. The van der Waals surface area contributed by atoms with Gasteiger partial charge >= 0.3 is 0 Å². The normalized spacial score (nSPS) is 18.5. The van der Waals surface area contributed by atoms with Crippen molar-refractivity contribution in [3.8, 4) is 5.75 Å². The molecule has 1 unspecified atom stereocenters. The first kappa shape index (κ1) is 16.2. The van der Waals surface area contributed by atoms with Gasteiger partial charge in [-0.15, -0.1) is 0 Å². The maximum Gasteiger partial charge on any atom is 0.198 e. The molecule has 0 saturated carbocycles. The third-order valence-corrected chi connectivity index (χ3v) is 4.93. The molecule has 0 bridgehead atoms. The number of ether oxygens (including phenoxy) is 1. The van der Waals surface area contributed by atoms with E-state index in [1.165, 1.54) is 5.56 Å². The molecular weight excluding hydrogens is 312 g/mol. The van der Waals surface area contributed by atoms with Gasteiger partial charge in [0.25, 0.3) is 0 Å². The summed E-state index contributed by atoms with van der Waals surface area (Å²) in [7, 11) is 3.54. The molecule has 2 heterocycles. The van der Waals surface area contributed by atoms with Crippen LogP contribution in [-0.4, -0.2) is 38.0 Å². The number of nitrogens with zero attached hydrogens (tertiary/aromatic N) is 4. The van der Waals surface area contributed by atoms with Gasteiger partial charge in [0, 0.05) is 25.2 Å². The summed E-state index contributed by atoms with van der Waals surface area (Å²) in [5, 5.41) is 13.8. The molecule has 1 N–H and O–H groups in total. The maximum atomic E-state index is 9.34. The van der Waals surface area contributed by atoms with Crippen molar-refractivity contribution < 1.29 is 9.84 Å². The maximum absolute atomic E-state index is 9.34. The number of aliphatic hydroxyl groups excluding tert-OH is 1. The monoisotopic (exact) mass is 334 g/mol. The molecule has 7 heteroatoms. The van der Waals surface area contributed by atoms with Crippen LogP contribution in [0.3, 0.4) is 0 Å². The molecule has 0 spiro atoms. The highest BCUT2D eigenvalue weighted by Crippen LogP contribution is 2.37. The molecule has 1 aromatic heterocycles. The number of aliphatic hydroxyl groups is 1. The topological polar surface area (TPSA) is 55.4 Å². The van der Waals surface area contributed by atoms with E-state index in [4.69, 9.17) is 17.0 Å². The lowest BCUT2D eigenvalue weighted by atomic mass is 10.0. The third kappa shape index (κ3) is 3.04. The van der Waals surface area contributed by atoms with Crippen LogP contribution >= 0.6 is 12.2 Å². The Hall–Kier alpha value is -1.70. The summed E-state index contributed by atoms with van der Waals surface area (Å²) in [6.07, 6.45) is 2.23. The molecule has 1 saturated heterocycles. The number of hydrogen-bond acceptors (Lipinski definition) is 5. The van der Waals surface area contributed by atoms with Crippen molar-refractivity contribution in [2.75, 3.05) is 13.7 Å². The zero-order valence-electron chi connectivity index (χ0n) is 13.5. The van der Waals surface area contributed by atoms with Crippen molar-refractivity contribution in [2.24, 2.45) is 7.05 Å². The van der Waals surface area contributed by atoms with Crippen LogP contribution < -0.4 is 4.74 Å². The summed E-state index contributed by atoms with van der Waals surface area (Å²) < 4.78 is 9.68. The van der Waals surface area contributed by atoms with Crippen molar-refractivity contribution in [3.63, 3.8) is 0 Å². The van der Waals surface area contributed by atoms with Crippen molar-refractivity contribution in [1.29, 1.82) is 0 Å². The zero-order valence-corrected chi connectivity index (χ0v) is 14.3. The lowest BCUT2D eigenvalue weighted by molar-refractivity contribution is 0.185. The Balaban J connectivity index is 1.87. The van der Waals surface area contributed by atoms with Gasteiger partial charge in [0.15, 0.2) is 10.6 Å². The molecule has 124 valence electrons. The van der Waals surface area contributed by atoms with E-state index >= 15 is 0 Å². The van der Waals surface area contributed by atoms with E-state index < -0.39 is 0 Å². The van der Waals surface area contributed by atoms with Crippen LogP contribution in [-0.2, 0) is 20.3 Å².